The van der Waals surface area contributed by atoms with Crippen molar-refractivity contribution >= 4 is 29.2 Å². The molecule has 0 radical (unpaired) electrons. The van der Waals surface area contributed by atoms with Gasteiger partial charge < -0.3 is 10.0 Å². The van der Waals surface area contributed by atoms with Crippen molar-refractivity contribution in [2.75, 3.05) is 6.54 Å². The largest absolute Gasteiger partial charge is 0.480 e. The Kier molecular flexibility index (Phi) is 4.42. The van der Waals surface area contributed by atoms with Crippen LogP contribution in [0.2, 0.25) is 5.02 Å². The highest BCUT2D eigenvalue weighted by atomic mass is 35.5. The van der Waals surface area contributed by atoms with Crippen molar-refractivity contribution in [3.8, 4) is 0 Å². The molecule has 1 aliphatic heterocycles. The summed E-state index contributed by atoms with van der Waals surface area (Å²) in [5.41, 5.74) is -0.267. The molecule has 2 rings (SSSR count). The number of aliphatic carboxylic acids is 1. The van der Waals surface area contributed by atoms with Crippen molar-refractivity contribution in [3.05, 3.63) is 38.9 Å². The van der Waals surface area contributed by atoms with Crippen LogP contribution >= 0.6 is 11.6 Å². The first-order valence-electron chi connectivity index (χ1n) is 6.39. The topological polar surface area (TPSA) is 101 Å². The molecule has 0 spiro atoms. The number of hydrogen-bond donors (Lipinski definition) is 1. The van der Waals surface area contributed by atoms with Gasteiger partial charge in [0.15, 0.2) is 0 Å². The summed E-state index contributed by atoms with van der Waals surface area (Å²) in [6.07, 6.45) is 1.82. The third kappa shape index (κ3) is 3.30. The van der Waals surface area contributed by atoms with Crippen LogP contribution in [0.4, 0.5) is 5.69 Å². The number of amides is 1. The maximum absolute atomic E-state index is 12.4. The number of benzene rings is 1. The first kappa shape index (κ1) is 15.2. The van der Waals surface area contributed by atoms with Gasteiger partial charge in [0.1, 0.15) is 6.04 Å². The minimum Gasteiger partial charge on any atom is -0.480 e. The lowest BCUT2D eigenvalue weighted by molar-refractivity contribution is -0.384. The molecule has 0 aromatic heterocycles. The number of halogens is 1. The Morgan fingerprint density at radius 2 is 2.05 bits per heavy atom. The Bertz CT molecular complexity index is 604. The summed E-state index contributed by atoms with van der Waals surface area (Å²) in [6.45, 7) is 0.316. The van der Waals surface area contributed by atoms with E-state index in [9.17, 15) is 24.8 Å². The van der Waals surface area contributed by atoms with E-state index in [0.29, 0.717) is 19.4 Å². The lowest BCUT2D eigenvalue weighted by Crippen LogP contribution is -2.48. The van der Waals surface area contributed by atoms with Crippen LogP contribution in [-0.4, -0.2) is 39.4 Å². The summed E-state index contributed by atoms with van der Waals surface area (Å²) in [4.78, 5) is 35.0. The van der Waals surface area contributed by atoms with Crippen molar-refractivity contribution < 1.29 is 19.6 Å². The summed E-state index contributed by atoms with van der Waals surface area (Å²) in [5, 5.41) is 20.0. The van der Waals surface area contributed by atoms with Gasteiger partial charge in [0, 0.05) is 29.3 Å². The predicted octanol–water partition coefficient (Wildman–Crippen LogP) is 2.33. The van der Waals surface area contributed by atoms with Gasteiger partial charge in [-0.1, -0.05) is 11.6 Å². The van der Waals surface area contributed by atoms with E-state index in [1.165, 1.54) is 11.0 Å². The fourth-order valence-corrected chi connectivity index (χ4v) is 2.63. The van der Waals surface area contributed by atoms with Crippen LogP contribution in [0.3, 0.4) is 0 Å². The fourth-order valence-electron chi connectivity index (χ4n) is 2.40. The summed E-state index contributed by atoms with van der Waals surface area (Å²) in [7, 11) is 0. The summed E-state index contributed by atoms with van der Waals surface area (Å²) < 4.78 is 0. The number of non-ortho nitro benzene ring substituents is 1. The molecule has 1 heterocycles. The Morgan fingerprint density at radius 1 is 1.33 bits per heavy atom. The number of carbonyl (C=O) groups is 2. The zero-order valence-electron chi connectivity index (χ0n) is 11.0. The minimum absolute atomic E-state index is 0.0300. The van der Waals surface area contributed by atoms with E-state index in [1.54, 1.807) is 0 Å². The number of nitro benzene ring substituents is 1. The monoisotopic (exact) mass is 312 g/mol. The van der Waals surface area contributed by atoms with Gasteiger partial charge in [-0.2, -0.15) is 0 Å². The molecule has 1 atom stereocenters. The van der Waals surface area contributed by atoms with Crippen LogP contribution in [0.15, 0.2) is 18.2 Å². The summed E-state index contributed by atoms with van der Waals surface area (Å²) >= 11 is 5.78. The summed E-state index contributed by atoms with van der Waals surface area (Å²) in [5.74, 6) is -1.62. The number of nitro groups is 1. The molecule has 8 heteroatoms. The molecule has 7 nitrogen and oxygen atoms in total. The third-order valence-corrected chi connectivity index (χ3v) is 3.61. The third-order valence-electron chi connectivity index (χ3n) is 3.39. The number of carboxylic acids is 1. The lowest BCUT2D eigenvalue weighted by Gasteiger charge is -2.33. The smallest absolute Gasteiger partial charge is 0.326 e. The number of nitrogens with zero attached hydrogens (tertiary/aromatic N) is 2. The van der Waals surface area contributed by atoms with Crippen LogP contribution in [-0.2, 0) is 4.79 Å². The molecule has 1 N–H and O–H groups in total. The highest BCUT2D eigenvalue weighted by Crippen LogP contribution is 2.25. The Hall–Kier alpha value is -2.15. The van der Waals surface area contributed by atoms with Gasteiger partial charge in [0.2, 0.25) is 0 Å². The molecule has 1 aromatic rings. The van der Waals surface area contributed by atoms with Gasteiger partial charge in [-0.05, 0) is 25.3 Å². The van der Waals surface area contributed by atoms with E-state index in [4.69, 9.17) is 11.6 Å². The molecule has 0 saturated carbocycles. The zero-order chi connectivity index (χ0) is 15.6. The fraction of sp³-hybridized carbons (Fsp3) is 0.385. The highest BCUT2D eigenvalue weighted by molar-refractivity contribution is 6.31. The van der Waals surface area contributed by atoms with Crippen LogP contribution < -0.4 is 0 Å². The molecular weight excluding hydrogens is 300 g/mol. The van der Waals surface area contributed by atoms with E-state index in [-0.39, 0.29) is 16.3 Å². The van der Waals surface area contributed by atoms with Crippen LogP contribution in [0.25, 0.3) is 0 Å². The molecule has 112 valence electrons. The first-order chi connectivity index (χ1) is 9.90. The van der Waals surface area contributed by atoms with Crippen molar-refractivity contribution in [1.82, 2.24) is 4.90 Å². The number of carboxylic acid groups (broad SMARTS) is 1. The van der Waals surface area contributed by atoms with Gasteiger partial charge in [-0.15, -0.1) is 0 Å². The van der Waals surface area contributed by atoms with Gasteiger partial charge in [-0.25, -0.2) is 4.79 Å². The van der Waals surface area contributed by atoms with Gasteiger partial charge in [0.05, 0.1) is 4.92 Å². The van der Waals surface area contributed by atoms with Crippen molar-refractivity contribution in [2.24, 2.45) is 0 Å². The average molecular weight is 313 g/mol. The molecule has 1 aliphatic rings. The minimum atomic E-state index is -1.07. The van der Waals surface area contributed by atoms with Crippen molar-refractivity contribution in [2.45, 2.75) is 25.3 Å². The SMILES string of the molecule is O=C(O)[C@H]1CCCCN1C(=O)c1cc(Cl)cc([N+](=O)[O-])c1. The molecule has 0 aliphatic carbocycles. The van der Waals surface area contributed by atoms with Gasteiger partial charge >= 0.3 is 5.97 Å². The predicted molar refractivity (Wildman–Crippen MR) is 74.4 cm³/mol. The number of hydrogen-bond acceptors (Lipinski definition) is 4. The number of likely N-dealkylation sites (tertiary alicyclic amines) is 1. The van der Waals surface area contributed by atoms with E-state index in [2.05, 4.69) is 0 Å². The standard InChI is InChI=1S/C13H13ClN2O5/c14-9-5-8(6-10(7-9)16(20)21)12(17)15-4-2-1-3-11(15)13(18)19/h5-7,11H,1-4H2,(H,18,19)/t11-/m1/s1. The molecule has 1 amide bonds. The Balaban J connectivity index is 2.34. The maximum atomic E-state index is 12.4. The van der Waals surface area contributed by atoms with E-state index in [0.717, 1.165) is 18.6 Å². The van der Waals surface area contributed by atoms with Crippen molar-refractivity contribution in [3.63, 3.8) is 0 Å². The molecule has 0 bridgehead atoms. The molecule has 21 heavy (non-hydrogen) atoms. The molecule has 0 unspecified atom stereocenters. The van der Waals surface area contributed by atoms with Crippen molar-refractivity contribution in [1.29, 1.82) is 0 Å². The van der Waals surface area contributed by atoms with Crippen LogP contribution in [0.5, 0.6) is 0 Å². The van der Waals surface area contributed by atoms with E-state index < -0.39 is 22.8 Å². The number of rotatable bonds is 3. The number of carbonyl (C=O) groups excluding carboxylic acids is 1. The summed E-state index contributed by atoms with van der Waals surface area (Å²) in [6, 6.07) is 2.67. The Labute approximate surface area is 125 Å². The van der Waals surface area contributed by atoms with E-state index >= 15 is 0 Å². The average Bonchev–Trinajstić information content (AvgIpc) is 2.45. The van der Waals surface area contributed by atoms with Crippen LogP contribution in [0.1, 0.15) is 29.6 Å². The second-order valence-electron chi connectivity index (χ2n) is 4.80. The quantitative estimate of drug-likeness (QED) is 0.682. The Morgan fingerprint density at radius 3 is 2.67 bits per heavy atom. The second-order valence-corrected chi connectivity index (χ2v) is 5.24. The second kappa shape index (κ2) is 6.09. The van der Waals surface area contributed by atoms with E-state index in [1.807, 2.05) is 0 Å². The first-order valence-corrected chi connectivity index (χ1v) is 6.76. The number of piperidine rings is 1. The lowest BCUT2D eigenvalue weighted by atomic mass is 10.0. The normalized spacial score (nSPS) is 18.3. The maximum Gasteiger partial charge on any atom is 0.326 e. The molecule has 1 fully saturated rings. The highest BCUT2D eigenvalue weighted by Gasteiger charge is 2.33. The van der Waals surface area contributed by atoms with Gasteiger partial charge in [-0.3, -0.25) is 14.9 Å². The molecular formula is C13H13ClN2O5. The molecule has 1 saturated heterocycles. The van der Waals surface area contributed by atoms with Gasteiger partial charge in [0.25, 0.3) is 11.6 Å². The zero-order valence-corrected chi connectivity index (χ0v) is 11.7. The van der Waals surface area contributed by atoms with Crippen LogP contribution in [0, 0.1) is 10.1 Å². The molecule has 1 aromatic carbocycles.